The molecule has 0 saturated carbocycles. The molecule has 0 spiro atoms. The van der Waals surface area contributed by atoms with Gasteiger partial charge in [-0.2, -0.15) is 0 Å². The standard InChI is InChI=1S/C11H14FNO3/c1-16-7-10(14)6-13-11(15)8-3-2-4-9(12)5-8/h2-5,10,14H,6-7H2,1H3,(H,13,15). The number of methoxy groups -OCH3 is 1. The summed E-state index contributed by atoms with van der Waals surface area (Å²) in [5, 5.41) is 11.8. The number of halogens is 1. The van der Waals surface area contributed by atoms with Gasteiger partial charge in [0.15, 0.2) is 0 Å². The van der Waals surface area contributed by atoms with Crippen LogP contribution in [0.15, 0.2) is 24.3 Å². The number of carbonyl (C=O) groups excluding carboxylic acids is 1. The van der Waals surface area contributed by atoms with Crippen molar-refractivity contribution >= 4 is 5.91 Å². The minimum Gasteiger partial charge on any atom is -0.389 e. The zero-order chi connectivity index (χ0) is 12.0. The first-order chi connectivity index (χ1) is 7.63. The van der Waals surface area contributed by atoms with Gasteiger partial charge in [0.05, 0.1) is 12.7 Å². The quantitative estimate of drug-likeness (QED) is 0.772. The van der Waals surface area contributed by atoms with Gasteiger partial charge in [0.2, 0.25) is 0 Å². The Morgan fingerprint density at radius 3 is 3.00 bits per heavy atom. The molecule has 0 fully saturated rings. The van der Waals surface area contributed by atoms with Crippen LogP contribution in [0.3, 0.4) is 0 Å². The Bertz CT molecular complexity index is 357. The molecule has 1 unspecified atom stereocenters. The van der Waals surface area contributed by atoms with E-state index in [9.17, 15) is 14.3 Å². The lowest BCUT2D eigenvalue weighted by molar-refractivity contribution is 0.0609. The van der Waals surface area contributed by atoms with Gasteiger partial charge in [-0.1, -0.05) is 6.07 Å². The van der Waals surface area contributed by atoms with Gasteiger partial charge >= 0.3 is 0 Å². The summed E-state index contributed by atoms with van der Waals surface area (Å²) >= 11 is 0. The fourth-order valence-corrected chi connectivity index (χ4v) is 1.19. The van der Waals surface area contributed by atoms with Gasteiger partial charge in [0, 0.05) is 19.2 Å². The third kappa shape index (κ3) is 3.96. The van der Waals surface area contributed by atoms with Crippen LogP contribution in [0.5, 0.6) is 0 Å². The van der Waals surface area contributed by atoms with E-state index in [1.807, 2.05) is 0 Å². The number of ether oxygens (including phenoxy) is 1. The van der Waals surface area contributed by atoms with E-state index in [1.165, 1.54) is 25.3 Å². The smallest absolute Gasteiger partial charge is 0.251 e. The van der Waals surface area contributed by atoms with E-state index in [2.05, 4.69) is 5.32 Å². The zero-order valence-electron chi connectivity index (χ0n) is 8.94. The molecule has 16 heavy (non-hydrogen) atoms. The number of hydrogen-bond acceptors (Lipinski definition) is 3. The summed E-state index contributed by atoms with van der Waals surface area (Å²) in [4.78, 5) is 11.5. The zero-order valence-corrected chi connectivity index (χ0v) is 8.94. The molecular weight excluding hydrogens is 213 g/mol. The van der Waals surface area contributed by atoms with Crippen molar-refractivity contribution in [3.8, 4) is 0 Å². The summed E-state index contributed by atoms with van der Waals surface area (Å²) in [6, 6.07) is 5.35. The maximum atomic E-state index is 12.8. The lowest BCUT2D eigenvalue weighted by atomic mass is 10.2. The molecule has 0 aliphatic rings. The summed E-state index contributed by atoms with van der Waals surface area (Å²) in [7, 11) is 1.46. The molecule has 1 aromatic rings. The van der Waals surface area contributed by atoms with Crippen LogP contribution >= 0.6 is 0 Å². The molecule has 1 rings (SSSR count). The number of amides is 1. The number of aliphatic hydroxyl groups excluding tert-OH is 1. The van der Waals surface area contributed by atoms with E-state index in [0.717, 1.165) is 6.07 Å². The highest BCUT2D eigenvalue weighted by Gasteiger charge is 2.09. The lowest BCUT2D eigenvalue weighted by Crippen LogP contribution is -2.34. The van der Waals surface area contributed by atoms with Crippen molar-refractivity contribution in [2.45, 2.75) is 6.10 Å². The van der Waals surface area contributed by atoms with E-state index < -0.39 is 17.8 Å². The maximum Gasteiger partial charge on any atom is 0.251 e. The number of nitrogens with one attached hydrogen (secondary N) is 1. The number of aliphatic hydroxyl groups is 1. The summed E-state index contributed by atoms with van der Waals surface area (Å²) in [5.41, 5.74) is 0.226. The highest BCUT2D eigenvalue weighted by atomic mass is 19.1. The molecule has 5 heteroatoms. The Balaban J connectivity index is 2.47. The van der Waals surface area contributed by atoms with Crippen LogP contribution < -0.4 is 5.32 Å². The number of carbonyl (C=O) groups is 1. The molecule has 1 amide bonds. The van der Waals surface area contributed by atoms with Crippen LogP contribution in [-0.2, 0) is 4.74 Å². The maximum absolute atomic E-state index is 12.8. The predicted octanol–water partition coefficient (Wildman–Crippen LogP) is 0.563. The van der Waals surface area contributed by atoms with Crippen molar-refractivity contribution in [3.05, 3.63) is 35.6 Å². The Kier molecular flexibility index (Phi) is 4.88. The van der Waals surface area contributed by atoms with Crippen molar-refractivity contribution in [2.75, 3.05) is 20.3 Å². The Labute approximate surface area is 93.0 Å². The molecule has 0 radical (unpaired) electrons. The van der Waals surface area contributed by atoms with Crippen LogP contribution in [0.2, 0.25) is 0 Å². The van der Waals surface area contributed by atoms with Gasteiger partial charge < -0.3 is 15.2 Å². The normalized spacial score (nSPS) is 12.2. The van der Waals surface area contributed by atoms with Gasteiger partial charge in [-0.3, -0.25) is 4.79 Å². The lowest BCUT2D eigenvalue weighted by Gasteiger charge is -2.10. The minimum absolute atomic E-state index is 0.0726. The van der Waals surface area contributed by atoms with Crippen molar-refractivity contribution in [1.29, 1.82) is 0 Å². The van der Waals surface area contributed by atoms with Crippen LogP contribution in [0, 0.1) is 5.82 Å². The molecule has 1 atom stereocenters. The van der Waals surface area contributed by atoms with Crippen LogP contribution in [-0.4, -0.2) is 37.4 Å². The summed E-state index contributed by atoms with van der Waals surface area (Å²) in [5.74, 6) is -0.889. The van der Waals surface area contributed by atoms with E-state index in [1.54, 1.807) is 0 Å². The average molecular weight is 227 g/mol. The summed E-state index contributed by atoms with van der Waals surface area (Å²) in [6.45, 7) is 0.215. The fourth-order valence-electron chi connectivity index (χ4n) is 1.19. The average Bonchev–Trinajstić information content (AvgIpc) is 2.26. The third-order valence-corrected chi connectivity index (χ3v) is 1.94. The first-order valence-electron chi connectivity index (χ1n) is 4.84. The molecule has 0 aliphatic carbocycles. The third-order valence-electron chi connectivity index (χ3n) is 1.94. The molecule has 0 bridgehead atoms. The minimum atomic E-state index is -0.762. The van der Waals surface area contributed by atoms with Crippen molar-refractivity contribution in [3.63, 3.8) is 0 Å². The molecular formula is C11H14FNO3. The second-order valence-corrected chi connectivity index (χ2v) is 3.33. The van der Waals surface area contributed by atoms with Gasteiger partial charge in [-0.05, 0) is 18.2 Å². The molecule has 0 saturated heterocycles. The van der Waals surface area contributed by atoms with Gasteiger partial charge in [0.1, 0.15) is 5.82 Å². The van der Waals surface area contributed by atoms with Gasteiger partial charge in [0.25, 0.3) is 5.91 Å². The second-order valence-electron chi connectivity index (χ2n) is 3.33. The first-order valence-corrected chi connectivity index (χ1v) is 4.84. The number of benzene rings is 1. The van der Waals surface area contributed by atoms with Gasteiger partial charge in [-0.25, -0.2) is 4.39 Å². The SMILES string of the molecule is COCC(O)CNC(=O)c1cccc(F)c1. The van der Waals surface area contributed by atoms with Crippen LogP contribution in [0.4, 0.5) is 4.39 Å². The van der Waals surface area contributed by atoms with E-state index >= 15 is 0 Å². The van der Waals surface area contributed by atoms with Crippen LogP contribution in [0.1, 0.15) is 10.4 Å². The predicted molar refractivity (Wildman–Crippen MR) is 56.6 cm³/mol. The summed E-state index contributed by atoms with van der Waals surface area (Å²) in [6.07, 6.45) is -0.762. The van der Waals surface area contributed by atoms with Crippen LogP contribution in [0.25, 0.3) is 0 Å². The number of hydrogen-bond donors (Lipinski definition) is 2. The van der Waals surface area contributed by atoms with E-state index in [0.29, 0.717) is 0 Å². The highest BCUT2D eigenvalue weighted by Crippen LogP contribution is 2.02. The Morgan fingerprint density at radius 1 is 1.62 bits per heavy atom. The molecule has 88 valence electrons. The molecule has 0 aliphatic heterocycles. The monoisotopic (exact) mass is 227 g/mol. The highest BCUT2D eigenvalue weighted by molar-refractivity contribution is 5.94. The molecule has 4 nitrogen and oxygen atoms in total. The Morgan fingerprint density at radius 2 is 2.38 bits per heavy atom. The van der Waals surface area contributed by atoms with Crippen molar-refractivity contribution in [1.82, 2.24) is 5.32 Å². The largest absolute Gasteiger partial charge is 0.389 e. The van der Waals surface area contributed by atoms with Crippen molar-refractivity contribution < 1.29 is 19.0 Å². The van der Waals surface area contributed by atoms with E-state index in [-0.39, 0.29) is 18.7 Å². The first kappa shape index (κ1) is 12.6. The summed E-state index contributed by atoms with van der Waals surface area (Å²) < 4.78 is 17.5. The number of rotatable bonds is 5. The van der Waals surface area contributed by atoms with Crippen molar-refractivity contribution in [2.24, 2.45) is 0 Å². The van der Waals surface area contributed by atoms with E-state index in [4.69, 9.17) is 4.74 Å². The Hall–Kier alpha value is -1.46. The molecule has 0 heterocycles. The molecule has 2 N–H and O–H groups in total. The molecule has 1 aromatic carbocycles. The van der Waals surface area contributed by atoms with Gasteiger partial charge in [-0.15, -0.1) is 0 Å². The second kappa shape index (κ2) is 6.19. The topological polar surface area (TPSA) is 58.6 Å². The molecule has 0 aromatic heterocycles. The fraction of sp³-hybridized carbons (Fsp3) is 0.364.